The molecule has 0 spiro atoms. The number of hydrogen-bond acceptors (Lipinski definition) is 3. The van der Waals surface area contributed by atoms with E-state index < -0.39 is 5.97 Å². The van der Waals surface area contributed by atoms with E-state index >= 15 is 0 Å². The van der Waals surface area contributed by atoms with Crippen LogP contribution in [0.2, 0.25) is 0 Å². The second-order valence-corrected chi connectivity index (χ2v) is 7.80. The Hall–Kier alpha value is -0.380. The van der Waals surface area contributed by atoms with Gasteiger partial charge in [-0.1, -0.05) is 57.1 Å². The van der Waals surface area contributed by atoms with Crippen molar-refractivity contribution in [2.45, 2.75) is 117 Å². The Morgan fingerprint density at radius 1 is 0.815 bits per heavy atom. The summed E-state index contributed by atoms with van der Waals surface area (Å²) in [6.45, 7) is 10.3. The molecule has 0 radical (unpaired) electrons. The molecule has 0 fully saturated rings. The lowest BCUT2D eigenvalue weighted by Gasteiger charge is -2.39. The van der Waals surface area contributed by atoms with E-state index in [4.69, 9.17) is 14.2 Å². The van der Waals surface area contributed by atoms with Gasteiger partial charge < -0.3 is 14.2 Å². The minimum atomic E-state index is -0.864. The first-order chi connectivity index (χ1) is 13.2. The fourth-order valence-corrected chi connectivity index (χ4v) is 4.24. The van der Waals surface area contributed by atoms with E-state index in [1.54, 1.807) is 5.57 Å². The molecule has 3 heteroatoms. The van der Waals surface area contributed by atoms with Gasteiger partial charge >= 0.3 is 0 Å². The summed E-state index contributed by atoms with van der Waals surface area (Å²) >= 11 is 0. The van der Waals surface area contributed by atoms with E-state index in [0.29, 0.717) is 25.7 Å². The van der Waals surface area contributed by atoms with E-state index in [1.807, 2.05) is 20.8 Å². The maximum atomic E-state index is 6.14. The summed E-state index contributed by atoms with van der Waals surface area (Å²) < 4.78 is 18.4. The van der Waals surface area contributed by atoms with Gasteiger partial charge in [0.05, 0.1) is 0 Å². The highest BCUT2D eigenvalue weighted by molar-refractivity contribution is 5.05. The number of hydrogen-bond donors (Lipinski definition) is 0. The van der Waals surface area contributed by atoms with Crippen LogP contribution in [0, 0.1) is 5.92 Å². The smallest absolute Gasteiger partial charge is 0.285 e. The minimum absolute atomic E-state index is 0.298. The number of unbranched alkanes of at least 4 members (excludes halogenated alkanes) is 5. The average Bonchev–Trinajstić information content (AvgIpc) is 2.68. The van der Waals surface area contributed by atoms with Crippen LogP contribution in [-0.2, 0) is 14.2 Å². The quantitative estimate of drug-likeness (QED) is 0.149. The molecule has 1 unspecified atom stereocenters. The van der Waals surface area contributed by atoms with Gasteiger partial charge in [-0.2, -0.15) is 0 Å². The predicted octanol–water partition coefficient (Wildman–Crippen LogP) is 7.40. The Morgan fingerprint density at radius 2 is 1.44 bits per heavy atom. The summed E-state index contributed by atoms with van der Waals surface area (Å²) in [5.41, 5.74) is 1.63. The Bertz CT molecular complexity index is 361. The molecule has 1 aliphatic rings. The zero-order valence-corrected chi connectivity index (χ0v) is 18.7. The summed E-state index contributed by atoms with van der Waals surface area (Å²) in [5.74, 6) is -0.567. The lowest BCUT2D eigenvalue weighted by Crippen LogP contribution is -2.46. The maximum Gasteiger partial charge on any atom is 0.285 e. The molecular formula is C24H46O3. The van der Waals surface area contributed by atoms with E-state index in [1.165, 1.54) is 64.2 Å². The second-order valence-electron chi connectivity index (χ2n) is 7.80. The van der Waals surface area contributed by atoms with Gasteiger partial charge in [0.1, 0.15) is 0 Å². The topological polar surface area (TPSA) is 27.7 Å². The third-order valence-electron chi connectivity index (χ3n) is 5.64. The van der Waals surface area contributed by atoms with Gasteiger partial charge in [0.25, 0.3) is 5.97 Å². The summed E-state index contributed by atoms with van der Waals surface area (Å²) in [7, 11) is 0. The van der Waals surface area contributed by atoms with Gasteiger partial charge in [-0.15, -0.1) is 0 Å². The zero-order valence-electron chi connectivity index (χ0n) is 18.7. The normalized spacial score (nSPS) is 16.4. The molecule has 160 valence electrons. The van der Waals surface area contributed by atoms with Crippen LogP contribution in [0.3, 0.4) is 0 Å². The van der Waals surface area contributed by atoms with Crippen LogP contribution in [0.1, 0.15) is 111 Å². The predicted molar refractivity (Wildman–Crippen MR) is 115 cm³/mol. The SMILES string of the molecule is CCCCCCCCC(CCC1=CCCCC1)C(OCC)(OCC)OCC. The second kappa shape index (κ2) is 15.5. The van der Waals surface area contributed by atoms with Crippen molar-refractivity contribution < 1.29 is 14.2 Å². The van der Waals surface area contributed by atoms with Crippen LogP contribution in [0.4, 0.5) is 0 Å². The number of rotatable bonds is 17. The standard InChI is InChI=1S/C24H46O3/c1-5-9-10-11-12-16-19-23(21-20-22-17-14-13-15-18-22)24(25-6-2,26-7-3)27-8-4/h17,23H,5-16,18-21H2,1-4H3. The fraction of sp³-hybridized carbons (Fsp3) is 0.917. The molecule has 0 N–H and O–H groups in total. The molecule has 0 aromatic heterocycles. The highest BCUT2D eigenvalue weighted by Gasteiger charge is 2.41. The first-order valence-electron chi connectivity index (χ1n) is 11.8. The zero-order chi connectivity index (χ0) is 19.8. The molecule has 0 aromatic carbocycles. The molecule has 1 rings (SSSR count). The Labute approximate surface area is 169 Å². The highest BCUT2D eigenvalue weighted by atomic mass is 16.9. The van der Waals surface area contributed by atoms with Crippen molar-refractivity contribution in [3.05, 3.63) is 11.6 Å². The number of ether oxygens (including phenoxy) is 3. The van der Waals surface area contributed by atoms with E-state index in [0.717, 1.165) is 19.3 Å². The van der Waals surface area contributed by atoms with Gasteiger partial charge in [-0.3, -0.25) is 0 Å². The maximum absolute atomic E-state index is 6.14. The molecule has 0 amide bonds. The molecule has 0 bridgehead atoms. The lowest BCUT2D eigenvalue weighted by molar-refractivity contribution is -0.403. The molecular weight excluding hydrogens is 336 g/mol. The minimum Gasteiger partial charge on any atom is -0.328 e. The van der Waals surface area contributed by atoms with Gasteiger partial charge in [0.2, 0.25) is 0 Å². The molecule has 1 atom stereocenters. The van der Waals surface area contributed by atoms with Gasteiger partial charge in [-0.25, -0.2) is 0 Å². The average molecular weight is 383 g/mol. The third-order valence-corrected chi connectivity index (χ3v) is 5.64. The molecule has 1 aliphatic carbocycles. The van der Waals surface area contributed by atoms with Gasteiger partial charge in [0.15, 0.2) is 0 Å². The Kier molecular flexibility index (Phi) is 14.2. The van der Waals surface area contributed by atoms with Crippen molar-refractivity contribution in [3.8, 4) is 0 Å². The van der Waals surface area contributed by atoms with Crippen molar-refractivity contribution in [2.75, 3.05) is 19.8 Å². The van der Waals surface area contributed by atoms with E-state index in [2.05, 4.69) is 13.0 Å². The monoisotopic (exact) mass is 382 g/mol. The van der Waals surface area contributed by atoms with Gasteiger partial charge in [0, 0.05) is 25.7 Å². The van der Waals surface area contributed by atoms with Crippen LogP contribution in [0.15, 0.2) is 11.6 Å². The molecule has 0 aromatic rings. The molecule has 3 nitrogen and oxygen atoms in total. The molecule has 0 saturated heterocycles. The lowest BCUT2D eigenvalue weighted by atomic mass is 9.88. The van der Waals surface area contributed by atoms with E-state index in [-0.39, 0.29) is 0 Å². The van der Waals surface area contributed by atoms with Crippen LogP contribution in [-0.4, -0.2) is 25.8 Å². The van der Waals surface area contributed by atoms with Gasteiger partial charge in [-0.05, 0) is 65.7 Å². The third kappa shape index (κ3) is 9.58. The van der Waals surface area contributed by atoms with Crippen molar-refractivity contribution >= 4 is 0 Å². The van der Waals surface area contributed by atoms with Crippen molar-refractivity contribution in [1.82, 2.24) is 0 Å². The van der Waals surface area contributed by atoms with E-state index in [9.17, 15) is 0 Å². The largest absolute Gasteiger partial charge is 0.328 e. The molecule has 27 heavy (non-hydrogen) atoms. The van der Waals surface area contributed by atoms with Crippen molar-refractivity contribution in [3.63, 3.8) is 0 Å². The van der Waals surface area contributed by atoms with Crippen molar-refractivity contribution in [2.24, 2.45) is 5.92 Å². The fourth-order valence-electron chi connectivity index (χ4n) is 4.24. The molecule has 0 heterocycles. The summed E-state index contributed by atoms with van der Waals surface area (Å²) in [6, 6.07) is 0. The Balaban J connectivity index is 2.72. The summed E-state index contributed by atoms with van der Waals surface area (Å²) in [5, 5.41) is 0. The van der Waals surface area contributed by atoms with Crippen LogP contribution >= 0.6 is 0 Å². The van der Waals surface area contributed by atoms with Crippen LogP contribution < -0.4 is 0 Å². The van der Waals surface area contributed by atoms with Crippen LogP contribution in [0.5, 0.6) is 0 Å². The highest BCUT2D eigenvalue weighted by Crippen LogP contribution is 2.36. The Morgan fingerprint density at radius 3 is 2.00 bits per heavy atom. The first-order valence-corrected chi connectivity index (χ1v) is 11.8. The summed E-state index contributed by atoms with van der Waals surface area (Å²) in [4.78, 5) is 0. The number of allylic oxidation sites excluding steroid dienone is 2. The summed E-state index contributed by atoms with van der Waals surface area (Å²) in [6.07, 6.45) is 19.0. The van der Waals surface area contributed by atoms with Crippen LogP contribution in [0.25, 0.3) is 0 Å². The first kappa shape index (κ1) is 24.7. The molecule has 0 saturated carbocycles. The molecule has 0 aliphatic heterocycles. The van der Waals surface area contributed by atoms with Crippen molar-refractivity contribution in [1.29, 1.82) is 0 Å².